The van der Waals surface area contributed by atoms with E-state index in [0.29, 0.717) is 16.4 Å². The molecule has 7 nitrogen and oxygen atoms in total. The van der Waals surface area contributed by atoms with Crippen LogP contribution in [0.5, 0.6) is 11.5 Å². The van der Waals surface area contributed by atoms with Crippen LogP contribution < -0.4 is 15.0 Å². The van der Waals surface area contributed by atoms with Gasteiger partial charge in [-0.3, -0.25) is 4.98 Å². The molecule has 1 aliphatic heterocycles. The van der Waals surface area contributed by atoms with Crippen molar-refractivity contribution >= 4 is 29.0 Å². The molecule has 0 spiro atoms. The number of para-hydroxylation sites is 1. The minimum atomic E-state index is -0.383. The Kier molecular flexibility index (Phi) is 6.99. The second kappa shape index (κ2) is 11.0. The van der Waals surface area contributed by atoms with Crippen molar-refractivity contribution in [1.82, 2.24) is 10.3 Å². The topological polar surface area (TPSA) is 76.8 Å². The van der Waals surface area contributed by atoms with Crippen molar-refractivity contribution in [1.29, 1.82) is 0 Å². The summed E-state index contributed by atoms with van der Waals surface area (Å²) in [5, 5.41) is 4.02. The van der Waals surface area contributed by atoms with Gasteiger partial charge < -0.3 is 24.1 Å². The van der Waals surface area contributed by atoms with E-state index in [9.17, 15) is 4.79 Å². The van der Waals surface area contributed by atoms with Crippen LogP contribution in [0.3, 0.4) is 0 Å². The molecular weight excluding hydrogens is 522 g/mol. The second-order valence-electron chi connectivity index (χ2n) is 9.18. The molecular formula is C32H25N3O4S. The Morgan fingerprint density at radius 3 is 2.30 bits per heavy atom. The molecule has 6 rings (SSSR count). The number of hydrogen-bond acceptors (Lipinski definition) is 6. The van der Waals surface area contributed by atoms with Gasteiger partial charge in [-0.05, 0) is 85.0 Å². The molecule has 1 fully saturated rings. The monoisotopic (exact) mass is 547 g/mol. The highest BCUT2D eigenvalue weighted by Crippen LogP contribution is 2.43. The molecule has 0 aliphatic carbocycles. The molecule has 5 aromatic rings. The van der Waals surface area contributed by atoms with Crippen molar-refractivity contribution in [3.05, 3.63) is 132 Å². The average Bonchev–Trinajstić information content (AvgIpc) is 3.63. The zero-order valence-corrected chi connectivity index (χ0v) is 22.4. The van der Waals surface area contributed by atoms with Gasteiger partial charge in [0, 0.05) is 17.4 Å². The number of aromatic nitrogens is 1. The van der Waals surface area contributed by atoms with E-state index in [1.807, 2.05) is 102 Å². The van der Waals surface area contributed by atoms with Crippen molar-refractivity contribution in [2.75, 3.05) is 12.0 Å². The van der Waals surface area contributed by atoms with Crippen LogP contribution in [-0.4, -0.2) is 23.2 Å². The number of benzene rings is 3. The van der Waals surface area contributed by atoms with Crippen LogP contribution in [-0.2, 0) is 4.74 Å². The third-order valence-electron chi connectivity index (χ3n) is 6.70. The van der Waals surface area contributed by atoms with Gasteiger partial charge in [-0.1, -0.05) is 36.4 Å². The number of nitrogens with one attached hydrogen (secondary N) is 1. The van der Waals surface area contributed by atoms with E-state index in [1.165, 1.54) is 7.11 Å². The lowest BCUT2D eigenvalue weighted by Crippen LogP contribution is -2.29. The van der Waals surface area contributed by atoms with E-state index in [4.69, 9.17) is 26.1 Å². The summed E-state index contributed by atoms with van der Waals surface area (Å²) in [4.78, 5) is 18.5. The number of ether oxygens (including phenoxy) is 2. The number of methoxy groups -OCH3 is 1. The highest BCUT2D eigenvalue weighted by atomic mass is 32.1. The van der Waals surface area contributed by atoms with Crippen molar-refractivity contribution in [2.24, 2.45) is 0 Å². The molecule has 1 saturated heterocycles. The lowest BCUT2D eigenvalue weighted by molar-refractivity contribution is 0.0600. The zero-order valence-electron chi connectivity index (χ0n) is 21.6. The normalized spacial score (nSPS) is 16.4. The molecule has 0 unspecified atom stereocenters. The summed E-state index contributed by atoms with van der Waals surface area (Å²) in [6, 6.07) is 33.7. The molecule has 3 aromatic carbocycles. The first-order chi connectivity index (χ1) is 19.6. The minimum absolute atomic E-state index is 0.241. The van der Waals surface area contributed by atoms with Crippen LogP contribution in [0.4, 0.5) is 5.69 Å². The summed E-state index contributed by atoms with van der Waals surface area (Å²) >= 11 is 5.84. The minimum Gasteiger partial charge on any atom is -0.465 e. The lowest BCUT2D eigenvalue weighted by atomic mass is 10.0. The zero-order chi connectivity index (χ0) is 27.5. The summed E-state index contributed by atoms with van der Waals surface area (Å²) < 4.78 is 17.2. The Bertz CT molecular complexity index is 1620. The number of pyridine rings is 1. The first-order valence-electron chi connectivity index (χ1n) is 12.7. The smallest absolute Gasteiger partial charge is 0.337 e. The molecule has 1 aliphatic rings. The van der Waals surface area contributed by atoms with Gasteiger partial charge in [0.25, 0.3) is 0 Å². The van der Waals surface area contributed by atoms with Crippen LogP contribution in [0.2, 0.25) is 0 Å². The molecule has 2 aromatic heterocycles. The number of furan rings is 1. The van der Waals surface area contributed by atoms with Crippen LogP contribution in [0.1, 0.15) is 33.9 Å². The van der Waals surface area contributed by atoms with Crippen LogP contribution in [0, 0.1) is 0 Å². The lowest BCUT2D eigenvalue weighted by Gasteiger charge is -2.26. The molecule has 0 saturated carbocycles. The van der Waals surface area contributed by atoms with Gasteiger partial charge in [0.2, 0.25) is 0 Å². The van der Waals surface area contributed by atoms with Crippen molar-refractivity contribution in [3.63, 3.8) is 0 Å². The van der Waals surface area contributed by atoms with Crippen molar-refractivity contribution < 1.29 is 18.7 Å². The molecule has 8 heteroatoms. The fourth-order valence-corrected chi connectivity index (χ4v) is 5.12. The van der Waals surface area contributed by atoms with Gasteiger partial charge in [-0.2, -0.15) is 0 Å². The van der Waals surface area contributed by atoms with E-state index >= 15 is 0 Å². The number of thiocarbonyl (C=S) groups is 1. The van der Waals surface area contributed by atoms with Crippen LogP contribution in [0.15, 0.2) is 120 Å². The van der Waals surface area contributed by atoms with E-state index in [-0.39, 0.29) is 18.1 Å². The third-order valence-corrected chi connectivity index (χ3v) is 7.02. The number of nitrogens with zero attached hydrogens (tertiary/aromatic N) is 2. The highest BCUT2D eigenvalue weighted by molar-refractivity contribution is 7.80. The predicted molar refractivity (Wildman–Crippen MR) is 156 cm³/mol. The summed E-state index contributed by atoms with van der Waals surface area (Å²) in [7, 11) is 1.36. The Balaban J connectivity index is 1.33. The Hall–Kier alpha value is -4.95. The van der Waals surface area contributed by atoms with Gasteiger partial charge >= 0.3 is 5.97 Å². The first kappa shape index (κ1) is 25.3. The highest BCUT2D eigenvalue weighted by Gasteiger charge is 2.42. The fraction of sp³-hybridized carbons (Fsp3) is 0.0938. The SMILES string of the molecule is COC(=O)c1ccc(-c2ccc([C@@H]3[C@H](c4ccccn4)NC(=S)N3c3ccc(Oc4ccccc4)cc3)o2)cc1. The van der Waals surface area contributed by atoms with Crippen molar-refractivity contribution in [2.45, 2.75) is 12.1 Å². The van der Waals surface area contributed by atoms with Gasteiger partial charge in [0.1, 0.15) is 29.1 Å². The van der Waals surface area contributed by atoms with E-state index in [0.717, 1.165) is 34.2 Å². The number of rotatable bonds is 7. The molecule has 40 heavy (non-hydrogen) atoms. The maximum atomic E-state index is 11.8. The van der Waals surface area contributed by atoms with Gasteiger partial charge in [0.05, 0.1) is 24.4 Å². The molecule has 2 atom stereocenters. The largest absolute Gasteiger partial charge is 0.465 e. The summed E-state index contributed by atoms with van der Waals surface area (Å²) in [5.74, 6) is 2.51. The van der Waals surface area contributed by atoms with E-state index < -0.39 is 0 Å². The molecule has 198 valence electrons. The van der Waals surface area contributed by atoms with Crippen LogP contribution >= 0.6 is 12.2 Å². The predicted octanol–water partition coefficient (Wildman–Crippen LogP) is 7.10. The number of hydrogen-bond donors (Lipinski definition) is 1. The molecule has 1 N–H and O–H groups in total. The Morgan fingerprint density at radius 2 is 1.60 bits per heavy atom. The third kappa shape index (κ3) is 5.04. The maximum absolute atomic E-state index is 11.8. The van der Waals surface area contributed by atoms with Crippen molar-refractivity contribution in [3.8, 4) is 22.8 Å². The van der Waals surface area contributed by atoms with E-state index in [2.05, 4.69) is 10.3 Å². The van der Waals surface area contributed by atoms with Gasteiger partial charge in [-0.25, -0.2) is 4.79 Å². The second-order valence-corrected chi connectivity index (χ2v) is 9.56. The number of esters is 1. The maximum Gasteiger partial charge on any atom is 0.337 e. The first-order valence-corrected chi connectivity index (χ1v) is 13.1. The number of carbonyl (C=O) groups is 1. The summed E-state index contributed by atoms with van der Waals surface area (Å²) in [6.45, 7) is 0. The van der Waals surface area contributed by atoms with E-state index in [1.54, 1.807) is 18.3 Å². The molecule has 0 radical (unpaired) electrons. The molecule has 0 amide bonds. The summed E-state index contributed by atoms with van der Waals surface area (Å²) in [5.41, 5.74) is 3.06. The van der Waals surface area contributed by atoms with Gasteiger partial charge in [-0.15, -0.1) is 0 Å². The Labute approximate surface area is 237 Å². The quantitative estimate of drug-likeness (QED) is 0.171. The molecule has 3 heterocycles. The number of carbonyl (C=O) groups excluding carboxylic acids is 1. The summed E-state index contributed by atoms with van der Waals surface area (Å²) in [6.07, 6.45) is 1.77. The fourth-order valence-electron chi connectivity index (χ4n) is 4.78. The molecule has 0 bridgehead atoms. The number of anilines is 1. The standard InChI is InChI=1S/C32H25N3O4S/c1-37-31(36)22-12-10-21(11-13-22)27-18-19-28(39-27)30-29(26-9-5-6-20-33-26)34-32(40)35(30)23-14-16-25(17-15-23)38-24-7-3-2-4-8-24/h2-20,29-30H,1H3,(H,34,40)/t29-,30+/m0/s1. The van der Waals surface area contributed by atoms with Crippen LogP contribution in [0.25, 0.3) is 11.3 Å². The average molecular weight is 548 g/mol. The van der Waals surface area contributed by atoms with Gasteiger partial charge in [0.15, 0.2) is 5.11 Å². The Morgan fingerprint density at radius 1 is 0.875 bits per heavy atom.